The van der Waals surface area contributed by atoms with Crippen molar-refractivity contribution in [2.45, 2.75) is 32.0 Å². The number of hydrogen-bond donors (Lipinski definition) is 2. The molecule has 180 valence electrons. The number of anilines is 1. The molecule has 0 atom stereocenters. The van der Waals surface area contributed by atoms with Gasteiger partial charge in [0.2, 0.25) is 5.65 Å². The van der Waals surface area contributed by atoms with Crippen LogP contribution in [-0.4, -0.2) is 72.7 Å². The summed E-state index contributed by atoms with van der Waals surface area (Å²) in [5, 5.41) is 17.9. The summed E-state index contributed by atoms with van der Waals surface area (Å²) >= 11 is 0. The first-order valence-electron chi connectivity index (χ1n) is 11.7. The highest BCUT2D eigenvalue weighted by atomic mass is 16.5. The van der Waals surface area contributed by atoms with Crippen LogP contribution in [0.5, 0.6) is 5.75 Å². The lowest BCUT2D eigenvalue weighted by Crippen LogP contribution is -2.43. The van der Waals surface area contributed by atoms with E-state index in [0.717, 1.165) is 49.2 Å². The molecule has 0 saturated carbocycles. The molecule has 1 aromatic carbocycles. The Morgan fingerprint density at radius 1 is 1.06 bits per heavy atom. The number of nitrogens with one attached hydrogen (secondary N) is 2. The van der Waals surface area contributed by atoms with E-state index in [4.69, 9.17) is 4.74 Å². The fraction of sp³-hybridized carbons (Fsp3) is 0.391. The van der Waals surface area contributed by atoms with E-state index in [9.17, 15) is 9.59 Å². The molecular formula is C23H25N9O3. The first kappa shape index (κ1) is 21.6. The third kappa shape index (κ3) is 4.21. The normalized spacial score (nSPS) is 16.9. The third-order valence-electron chi connectivity index (χ3n) is 6.64. The van der Waals surface area contributed by atoms with Crippen molar-refractivity contribution < 1.29 is 9.53 Å². The van der Waals surface area contributed by atoms with Crippen LogP contribution in [-0.2, 0) is 17.9 Å². The zero-order chi connectivity index (χ0) is 23.8. The number of para-hydroxylation sites is 2. The number of fused-ring (bicyclic) bond motifs is 4. The monoisotopic (exact) mass is 475 g/mol. The number of carbonyl (C=O) groups is 1. The molecule has 0 spiro atoms. The van der Waals surface area contributed by atoms with Gasteiger partial charge in [-0.25, -0.2) is 4.98 Å². The topological polar surface area (TPSA) is 132 Å². The molecule has 2 aliphatic heterocycles. The number of pyridine rings is 1. The van der Waals surface area contributed by atoms with Crippen molar-refractivity contribution in [1.29, 1.82) is 0 Å². The number of aromatic nitrogens is 6. The first-order chi connectivity index (χ1) is 17.2. The summed E-state index contributed by atoms with van der Waals surface area (Å²) in [4.78, 5) is 31.4. The molecular weight excluding hydrogens is 450 g/mol. The minimum atomic E-state index is -0.184. The highest BCUT2D eigenvalue weighted by Gasteiger charge is 2.21. The molecule has 1 saturated heterocycles. The molecule has 0 aliphatic carbocycles. The largest absolute Gasteiger partial charge is 0.480 e. The maximum Gasteiger partial charge on any atom is 0.298 e. The predicted molar refractivity (Wildman–Crippen MR) is 127 cm³/mol. The second-order valence-electron chi connectivity index (χ2n) is 8.84. The van der Waals surface area contributed by atoms with Crippen LogP contribution in [0.25, 0.3) is 16.7 Å². The second kappa shape index (κ2) is 9.04. The van der Waals surface area contributed by atoms with E-state index in [-0.39, 0.29) is 23.7 Å². The lowest BCUT2D eigenvalue weighted by atomic mass is 10.0. The van der Waals surface area contributed by atoms with Crippen LogP contribution in [0, 0.1) is 0 Å². The fourth-order valence-electron chi connectivity index (χ4n) is 4.76. The van der Waals surface area contributed by atoms with E-state index in [1.165, 1.54) is 4.52 Å². The van der Waals surface area contributed by atoms with Crippen LogP contribution in [0.4, 0.5) is 5.82 Å². The highest BCUT2D eigenvalue weighted by Crippen LogP contribution is 2.25. The van der Waals surface area contributed by atoms with Gasteiger partial charge in [0.15, 0.2) is 18.2 Å². The van der Waals surface area contributed by atoms with Gasteiger partial charge in [0.1, 0.15) is 0 Å². The molecule has 1 amide bonds. The Morgan fingerprint density at radius 2 is 1.89 bits per heavy atom. The fourth-order valence-corrected chi connectivity index (χ4v) is 4.76. The number of ether oxygens (including phenoxy) is 1. The Bertz CT molecular complexity index is 1460. The van der Waals surface area contributed by atoms with Gasteiger partial charge in [0, 0.05) is 25.7 Å². The lowest BCUT2D eigenvalue weighted by Gasteiger charge is -2.32. The van der Waals surface area contributed by atoms with Crippen LogP contribution in [0.15, 0.2) is 41.2 Å². The van der Waals surface area contributed by atoms with Crippen molar-refractivity contribution in [3.05, 3.63) is 52.4 Å². The minimum Gasteiger partial charge on any atom is -0.480 e. The maximum absolute atomic E-state index is 13.0. The van der Waals surface area contributed by atoms with Gasteiger partial charge in [-0.05, 0) is 60.6 Å². The number of tetrazole rings is 1. The van der Waals surface area contributed by atoms with E-state index >= 15 is 0 Å². The lowest BCUT2D eigenvalue weighted by molar-refractivity contribution is -0.118. The third-order valence-corrected chi connectivity index (χ3v) is 6.64. The molecule has 2 N–H and O–H groups in total. The van der Waals surface area contributed by atoms with Crippen molar-refractivity contribution in [1.82, 2.24) is 39.8 Å². The Labute approximate surface area is 199 Å². The van der Waals surface area contributed by atoms with Gasteiger partial charge in [0.25, 0.3) is 11.5 Å². The Morgan fingerprint density at radius 3 is 2.74 bits per heavy atom. The Hall–Kier alpha value is -3.90. The summed E-state index contributed by atoms with van der Waals surface area (Å²) in [6, 6.07) is 11.8. The molecule has 1 fully saturated rings. The van der Waals surface area contributed by atoms with Crippen LogP contribution >= 0.6 is 0 Å². The van der Waals surface area contributed by atoms with Gasteiger partial charge < -0.3 is 24.8 Å². The van der Waals surface area contributed by atoms with Gasteiger partial charge in [-0.2, -0.15) is 4.52 Å². The predicted octanol–water partition coefficient (Wildman–Crippen LogP) is 0.419. The Balaban J connectivity index is 1.05. The summed E-state index contributed by atoms with van der Waals surface area (Å²) in [6.45, 7) is 3.90. The molecule has 2 aliphatic rings. The smallest absolute Gasteiger partial charge is 0.298 e. The molecule has 35 heavy (non-hydrogen) atoms. The number of piperidine rings is 1. The zero-order valence-electron chi connectivity index (χ0n) is 19.1. The number of amides is 1. The van der Waals surface area contributed by atoms with Gasteiger partial charge in [0.05, 0.1) is 16.7 Å². The average molecular weight is 476 g/mol. The summed E-state index contributed by atoms with van der Waals surface area (Å²) in [5.74, 6) is 0.905. The number of carbonyl (C=O) groups excluding carboxylic acids is 1. The van der Waals surface area contributed by atoms with Gasteiger partial charge in [-0.15, -0.1) is 5.10 Å². The van der Waals surface area contributed by atoms with Crippen LogP contribution in [0.3, 0.4) is 0 Å². The highest BCUT2D eigenvalue weighted by molar-refractivity contribution is 5.94. The van der Waals surface area contributed by atoms with E-state index in [1.807, 2.05) is 36.4 Å². The summed E-state index contributed by atoms with van der Waals surface area (Å²) in [6.07, 6.45) is 2.02. The van der Waals surface area contributed by atoms with Crippen molar-refractivity contribution >= 4 is 28.4 Å². The average Bonchev–Trinajstić information content (AvgIpc) is 3.38. The molecule has 0 unspecified atom stereocenters. The van der Waals surface area contributed by atoms with Gasteiger partial charge in [-0.1, -0.05) is 12.1 Å². The molecule has 5 heterocycles. The number of rotatable bonds is 6. The van der Waals surface area contributed by atoms with Crippen LogP contribution in [0.1, 0.15) is 18.5 Å². The molecule has 0 bridgehead atoms. The standard InChI is InChI=1S/C23H25N9O3/c33-20-14-35-19-6-5-16(25-21(19)26-20)13-24-15-7-9-30(10-8-15)11-12-31-17-3-1-2-4-18(17)32-22(23(31)34)27-28-29-32/h1-6,15,24H,7-14H2,(H,25,26,33). The Kier molecular flexibility index (Phi) is 5.58. The minimum absolute atomic E-state index is 0.0299. The van der Waals surface area contributed by atoms with Gasteiger partial charge >= 0.3 is 0 Å². The van der Waals surface area contributed by atoms with Crippen LogP contribution < -0.4 is 20.9 Å². The maximum atomic E-state index is 13.0. The number of likely N-dealkylation sites (tertiary alicyclic amines) is 1. The second-order valence-corrected chi connectivity index (χ2v) is 8.84. The quantitative estimate of drug-likeness (QED) is 0.407. The summed E-state index contributed by atoms with van der Waals surface area (Å²) < 4.78 is 8.64. The first-order valence-corrected chi connectivity index (χ1v) is 11.7. The molecule has 6 rings (SSSR count). The molecule has 3 aromatic heterocycles. The number of hydrogen-bond acceptors (Lipinski definition) is 9. The van der Waals surface area contributed by atoms with Crippen molar-refractivity contribution in [3.8, 4) is 5.75 Å². The van der Waals surface area contributed by atoms with Crippen molar-refractivity contribution in [2.75, 3.05) is 31.6 Å². The number of nitrogens with zero attached hydrogens (tertiary/aromatic N) is 7. The molecule has 12 nitrogen and oxygen atoms in total. The molecule has 4 aromatic rings. The molecule has 12 heteroatoms. The van der Waals surface area contributed by atoms with E-state index < -0.39 is 0 Å². The SMILES string of the molecule is O=C1COc2ccc(CNC3CCN(CCn4c(=O)c5nnnn5c5ccccc54)CC3)nc2N1. The van der Waals surface area contributed by atoms with Gasteiger partial charge in [-0.3, -0.25) is 9.59 Å². The summed E-state index contributed by atoms with van der Waals surface area (Å²) in [7, 11) is 0. The number of benzene rings is 1. The zero-order valence-corrected chi connectivity index (χ0v) is 19.1. The van der Waals surface area contributed by atoms with E-state index in [1.54, 1.807) is 4.57 Å². The molecule has 0 radical (unpaired) electrons. The van der Waals surface area contributed by atoms with E-state index in [2.05, 4.69) is 36.0 Å². The van der Waals surface area contributed by atoms with Crippen LogP contribution in [0.2, 0.25) is 0 Å². The van der Waals surface area contributed by atoms with E-state index in [0.29, 0.717) is 30.7 Å². The summed E-state index contributed by atoms with van der Waals surface area (Å²) in [5.41, 5.74) is 2.57. The van der Waals surface area contributed by atoms with Crippen molar-refractivity contribution in [3.63, 3.8) is 0 Å². The van der Waals surface area contributed by atoms with Crippen molar-refractivity contribution in [2.24, 2.45) is 0 Å².